The molecule has 0 aliphatic rings. The van der Waals surface area contributed by atoms with E-state index in [2.05, 4.69) is 22.9 Å². The number of hydrogen-bond acceptors (Lipinski definition) is 3. The van der Waals surface area contributed by atoms with Crippen LogP contribution < -0.4 is 21.7 Å². The summed E-state index contributed by atoms with van der Waals surface area (Å²) >= 11 is 0. The number of rotatable bonds is 10. The van der Waals surface area contributed by atoms with Crippen LogP contribution in [0.4, 0.5) is 4.79 Å². The fraction of sp³-hybridized carbons (Fsp3) is 0.833. The quantitative estimate of drug-likeness (QED) is 0.425. The van der Waals surface area contributed by atoms with Crippen LogP contribution in [0.25, 0.3) is 0 Å². The zero-order valence-electron chi connectivity index (χ0n) is 11.4. The maximum Gasteiger partial charge on any atom is 0.312 e. The van der Waals surface area contributed by atoms with Crippen LogP contribution in [0.2, 0.25) is 0 Å². The van der Waals surface area contributed by atoms with E-state index in [-0.39, 0.29) is 5.91 Å². The average Bonchev–Trinajstić information content (AvgIpc) is 2.33. The van der Waals surface area contributed by atoms with E-state index in [4.69, 9.17) is 5.73 Å². The summed E-state index contributed by atoms with van der Waals surface area (Å²) in [4.78, 5) is 22.6. The van der Waals surface area contributed by atoms with Gasteiger partial charge in [0.1, 0.15) is 6.04 Å². The predicted molar refractivity (Wildman–Crippen MR) is 72.2 cm³/mol. The average molecular weight is 258 g/mol. The Bertz CT molecular complexity index is 246. The molecule has 3 amide bonds. The molecule has 1 unspecified atom stereocenters. The van der Waals surface area contributed by atoms with Crippen LogP contribution >= 0.6 is 0 Å². The van der Waals surface area contributed by atoms with E-state index in [0.717, 1.165) is 32.4 Å². The number of nitrogens with two attached hydrogens (primary N) is 1. The summed E-state index contributed by atoms with van der Waals surface area (Å²) in [5.41, 5.74) is 5.05. The second-order valence-corrected chi connectivity index (χ2v) is 4.24. The third-order valence-corrected chi connectivity index (χ3v) is 2.51. The summed E-state index contributed by atoms with van der Waals surface area (Å²) in [6, 6.07) is -1.18. The molecule has 0 aromatic carbocycles. The van der Waals surface area contributed by atoms with Crippen molar-refractivity contribution in [2.75, 3.05) is 19.6 Å². The van der Waals surface area contributed by atoms with Crippen molar-refractivity contribution >= 4 is 11.9 Å². The van der Waals surface area contributed by atoms with Crippen LogP contribution in [0.1, 0.15) is 39.5 Å². The van der Waals surface area contributed by atoms with Gasteiger partial charge in [0.25, 0.3) is 0 Å². The second-order valence-electron chi connectivity index (χ2n) is 4.24. The lowest BCUT2D eigenvalue weighted by Crippen LogP contribution is -2.49. The van der Waals surface area contributed by atoms with E-state index in [1.165, 1.54) is 0 Å². The molecule has 0 saturated carbocycles. The van der Waals surface area contributed by atoms with Gasteiger partial charge in [-0.05, 0) is 19.4 Å². The van der Waals surface area contributed by atoms with Crippen molar-refractivity contribution in [3.63, 3.8) is 0 Å². The van der Waals surface area contributed by atoms with Crippen molar-refractivity contribution in [3.05, 3.63) is 0 Å². The molecule has 1 atom stereocenters. The highest BCUT2D eigenvalue weighted by Crippen LogP contribution is 2.00. The van der Waals surface area contributed by atoms with Gasteiger partial charge in [0.05, 0.1) is 0 Å². The molecular formula is C12H26N4O2. The zero-order valence-corrected chi connectivity index (χ0v) is 11.4. The number of carbonyl (C=O) groups excluding carboxylic acids is 2. The molecule has 0 radical (unpaired) electrons. The molecule has 0 rings (SSSR count). The summed E-state index contributed by atoms with van der Waals surface area (Å²) in [6.07, 6.45) is 3.54. The maximum atomic E-state index is 11.8. The molecular weight excluding hydrogens is 232 g/mol. The Balaban J connectivity index is 3.92. The summed E-state index contributed by atoms with van der Waals surface area (Å²) in [5.74, 6) is -0.166. The van der Waals surface area contributed by atoms with Crippen molar-refractivity contribution in [2.24, 2.45) is 5.73 Å². The fourth-order valence-corrected chi connectivity index (χ4v) is 1.55. The van der Waals surface area contributed by atoms with Gasteiger partial charge in [-0.25, -0.2) is 4.79 Å². The molecule has 0 saturated heterocycles. The smallest absolute Gasteiger partial charge is 0.312 e. The Hall–Kier alpha value is -1.30. The van der Waals surface area contributed by atoms with Crippen LogP contribution in [0, 0.1) is 0 Å². The molecule has 106 valence electrons. The van der Waals surface area contributed by atoms with Crippen LogP contribution in [0.5, 0.6) is 0 Å². The van der Waals surface area contributed by atoms with Crippen molar-refractivity contribution < 1.29 is 9.59 Å². The molecule has 0 aromatic rings. The zero-order chi connectivity index (χ0) is 13.8. The van der Waals surface area contributed by atoms with Crippen LogP contribution in [0.15, 0.2) is 0 Å². The molecule has 0 aliphatic heterocycles. The molecule has 0 bridgehead atoms. The van der Waals surface area contributed by atoms with Gasteiger partial charge in [-0.3, -0.25) is 4.79 Å². The van der Waals surface area contributed by atoms with Gasteiger partial charge in [0.2, 0.25) is 5.91 Å². The maximum absolute atomic E-state index is 11.8. The Morgan fingerprint density at radius 2 is 1.83 bits per heavy atom. The lowest BCUT2D eigenvalue weighted by molar-refractivity contribution is -0.123. The van der Waals surface area contributed by atoms with Crippen molar-refractivity contribution in [3.8, 4) is 0 Å². The minimum Gasteiger partial charge on any atom is -0.353 e. The Labute approximate surface area is 109 Å². The molecule has 6 nitrogen and oxygen atoms in total. The van der Waals surface area contributed by atoms with Gasteiger partial charge in [-0.2, -0.15) is 0 Å². The van der Waals surface area contributed by atoms with Gasteiger partial charge in [-0.1, -0.05) is 26.7 Å². The third kappa shape index (κ3) is 8.81. The van der Waals surface area contributed by atoms with E-state index < -0.39 is 12.1 Å². The topological polar surface area (TPSA) is 96.2 Å². The van der Waals surface area contributed by atoms with Crippen molar-refractivity contribution in [1.82, 2.24) is 16.0 Å². The van der Waals surface area contributed by atoms with E-state index in [0.29, 0.717) is 13.0 Å². The largest absolute Gasteiger partial charge is 0.353 e. The number of nitrogens with one attached hydrogen (secondary N) is 3. The molecule has 18 heavy (non-hydrogen) atoms. The number of urea groups is 1. The van der Waals surface area contributed by atoms with Crippen molar-refractivity contribution in [1.29, 1.82) is 0 Å². The number of carbonyl (C=O) groups is 2. The van der Waals surface area contributed by atoms with Gasteiger partial charge in [0.15, 0.2) is 0 Å². The Morgan fingerprint density at radius 1 is 1.11 bits per heavy atom. The molecule has 5 N–H and O–H groups in total. The fourth-order valence-electron chi connectivity index (χ4n) is 1.55. The van der Waals surface area contributed by atoms with Crippen molar-refractivity contribution in [2.45, 2.75) is 45.6 Å². The Kier molecular flexibility index (Phi) is 10.0. The standard InChI is InChI=1S/C12H26N4O2/c1-3-5-6-10(16-12(13)18)11(17)15-9-8-14-7-4-2/h10,14H,3-9H2,1-2H3,(H,15,17)(H3,13,16,18). The van der Waals surface area contributed by atoms with Crippen LogP contribution in [0.3, 0.4) is 0 Å². The highest BCUT2D eigenvalue weighted by Gasteiger charge is 2.18. The summed E-state index contributed by atoms with van der Waals surface area (Å²) < 4.78 is 0. The minimum atomic E-state index is -0.657. The van der Waals surface area contributed by atoms with Gasteiger partial charge < -0.3 is 21.7 Å². The predicted octanol–water partition coefficient (Wildman–Crippen LogP) is 0.329. The number of primary amides is 1. The SMILES string of the molecule is CCCCC(NC(N)=O)C(=O)NCCNCCC. The minimum absolute atomic E-state index is 0.166. The van der Waals surface area contributed by atoms with E-state index in [1.54, 1.807) is 0 Å². The van der Waals surface area contributed by atoms with Gasteiger partial charge in [0, 0.05) is 13.1 Å². The first-order valence-corrected chi connectivity index (χ1v) is 6.66. The monoisotopic (exact) mass is 258 g/mol. The van der Waals surface area contributed by atoms with E-state index in [1.807, 2.05) is 6.92 Å². The third-order valence-electron chi connectivity index (χ3n) is 2.51. The molecule has 0 aromatic heterocycles. The first kappa shape index (κ1) is 16.7. The molecule has 6 heteroatoms. The lowest BCUT2D eigenvalue weighted by Gasteiger charge is -2.17. The number of amides is 3. The van der Waals surface area contributed by atoms with E-state index in [9.17, 15) is 9.59 Å². The number of unbranched alkanes of at least 4 members (excludes halogenated alkanes) is 1. The lowest BCUT2D eigenvalue weighted by atomic mass is 10.1. The second kappa shape index (κ2) is 10.8. The molecule has 0 fully saturated rings. The van der Waals surface area contributed by atoms with Gasteiger partial charge >= 0.3 is 6.03 Å². The normalized spacial score (nSPS) is 11.9. The molecule has 0 heterocycles. The van der Waals surface area contributed by atoms with Crippen LogP contribution in [-0.2, 0) is 4.79 Å². The van der Waals surface area contributed by atoms with E-state index >= 15 is 0 Å². The highest BCUT2D eigenvalue weighted by molar-refractivity contribution is 5.86. The first-order chi connectivity index (χ1) is 8.61. The number of hydrogen-bond donors (Lipinski definition) is 4. The van der Waals surface area contributed by atoms with Crippen LogP contribution in [-0.4, -0.2) is 37.6 Å². The Morgan fingerprint density at radius 3 is 2.39 bits per heavy atom. The summed E-state index contributed by atoms with van der Waals surface area (Å²) in [5, 5.41) is 8.44. The summed E-state index contributed by atoms with van der Waals surface area (Å²) in [7, 11) is 0. The molecule has 0 aliphatic carbocycles. The molecule has 0 spiro atoms. The van der Waals surface area contributed by atoms with Gasteiger partial charge in [-0.15, -0.1) is 0 Å². The highest BCUT2D eigenvalue weighted by atomic mass is 16.2. The first-order valence-electron chi connectivity index (χ1n) is 6.66. The summed E-state index contributed by atoms with van der Waals surface area (Å²) in [6.45, 7) is 6.35.